The number of Topliss-reactive ketones (excluding diaryl/α,β-unsaturated/α-hetero) is 1. The van der Waals surface area contributed by atoms with Gasteiger partial charge in [-0.1, -0.05) is 39.3 Å². The lowest BCUT2D eigenvalue weighted by molar-refractivity contribution is -0.183. The van der Waals surface area contributed by atoms with Gasteiger partial charge in [0, 0.05) is 11.8 Å². The predicted molar refractivity (Wildman–Crippen MR) is 135 cm³/mol. The Bertz CT molecular complexity index is 805. The van der Waals surface area contributed by atoms with Crippen LogP contribution < -0.4 is 0 Å². The highest BCUT2D eigenvalue weighted by atomic mass is 16.5. The summed E-state index contributed by atoms with van der Waals surface area (Å²) in [6, 6.07) is 0. The zero-order valence-electron chi connectivity index (χ0n) is 22.7. The molecule has 4 fully saturated rings. The molecule has 4 aliphatic rings. The van der Waals surface area contributed by atoms with Crippen LogP contribution in [0.15, 0.2) is 11.6 Å². The van der Waals surface area contributed by atoms with Crippen molar-refractivity contribution in [2.75, 3.05) is 0 Å². The van der Waals surface area contributed by atoms with E-state index in [1.54, 1.807) is 0 Å². The molecule has 8 atom stereocenters. The minimum atomic E-state index is -0.778. The quantitative estimate of drug-likeness (QED) is 0.441. The van der Waals surface area contributed by atoms with Gasteiger partial charge in [0.1, 0.15) is 5.78 Å². The summed E-state index contributed by atoms with van der Waals surface area (Å²) < 4.78 is 6.87. The fourth-order valence-corrected chi connectivity index (χ4v) is 9.50. The van der Waals surface area contributed by atoms with Crippen molar-refractivity contribution in [1.29, 1.82) is 0 Å². The van der Waals surface area contributed by atoms with Gasteiger partial charge < -0.3 is 9.84 Å². The van der Waals surface area contributed by atoms with Crippen molar-refractivity contribution in [2.45, 2.75) is 137 Å². The molecular formula is C30H50O3. The fraction of sp³-hybridized carbons (Fsp3) is 0.900. The van der Waals surface area contributed by atoms with Gasteiger partial charge in [-0.3, -0.25) is 4.79 Å². The first kappa shape index (κ1) is 25.4. The van der Waals surface area contributed by atoms with Crippen LogP contribution in [0.2, 0.25) is 0 Å². The third kappa shape index (κ3) is 3.98. The molecule has 0 aromatic rings. The van der Waals surface area contributed by atoms with Gasteiger partial charge >= 0.3 is 0 Å². The van der Waals surface area contributed by atoms with Crippen LogP contribution in [0.3, 0.4) is 0 Å². The number of ether oxygens (including phenoxy) is 1. The lowest BCUT2D eigenvalue weighted by Crippen LogP contribution is -2.58. The van der Waals surface area contributed by atoms with E-state index in [-0.39, 0.29) is 27.9 Å². The molecule has 3 aliphatic carbocycles. The molecule has 1 heterocycles. The van der Waals surface area contributed by atoms with E-state index in [0.717, 1.165) is 38.5 Å². The van der Waals surface area contributed by atoms with Crippen LogP contribution in [0.5, 0.6) is 0 Å². The van der Waals surface area contributed by atoms with E-state index in [4.69, 9.17) is 4.74 Å². The standard InChI is InChI=1S/C30H50O3/c1-20(2)10-9-16-29(7,32)25-15-19-30(8,33-25)23-12-11-22-27(5)18-14-24(31)26(3,4)21(27)13-17-28(22,23)6/h10,21-23,25,32H,9,11-19H2,1-8H3/t21-,22?,23-,25?,27-,28+,29?,30-/m0/s1. The molecule has 0 amide bonds. The molecule has 0 radical (unpaired) electrons. The summed E-state index contributed by atoms with van der Waals surface area (Å²) >= 11 is 0. The van der Waals surface area contributed by atoms with Crippen molar-refractivity contribution < 1.29 is 14.6 Å². The average Bonchev–Trinajstić information content (AvgIpc) is 3.27. The molecular weight excluding hydrogens is 408 g/mol. The van der Waals surface area contributed by atoms with Crippen LogP contribution in [0, 0.1) is 34.0 Å². The van der Waals surface area contributed by atoms with Gasteiger partial charge in [0.15, 0.2) is 0 Å². The highest BCUT2D eigenvalue weighted by Crippen LogP contribution is 2.71. The zero-order valence-corrected chi connectivity index (χ0v) is 22.7. The van der Waals surface area contributed by atoms with Crippen LogP contribution in [-0.4, -0.2) is 28.2 Å². The number of allylic oxidation sites excluding steroid dienone is 2. The second kappa shape index (κ2) is 8.19. The first-order valence-electron chi connectivity index (χ1n) is 13.7. The third-order valence-electron chi connectivity index (χ3n) is 11.3. The Labute approximate surface area is 203 Å². The Morgan fingerprint density at radius 1 is 0.970 bits per heavy atom. The van der Waals surface area contributed by atoms with Crippen LogP contribution in [0.4, 0.5) is 0 Å². The van der Waals surface area contributed by atoms with Gasteiger partial charge in [0.05, 0.1) is 17.3 Å². The van der Waals surface area contributed by atoms with E-state index < -0.39 is 5.60 Å². The van der Waals surface area contributed by atoms with Crippen LogP contribution in [0.25, 0.3) is 0 Å². The summed E-state index contributed by atoms with van der Waals surface area (Å²) in [4.78, 5) is 12.8. The van der Waals surface area contributed by atoms with Crippen LogP contribution in [0.1, 0.15) is 120 Å². The maximum atomic E-state index is 12.8. The summed E-state index contributed by atoms with van der Waals surface area (Å²) in [5, 5.41) is 11.3. The Hall–Kier alpha value is -0.670. The molecule has 3 unspecified atom stereocenters. The number of hydrogen-bond acceptors (Lipinski definition) is 3. The molecule has 0 aromatic heterocycles. The van der Waals surface area contributed by atoms with E-state index in [0.29, 0.717) is 23.5 Å². The van der Waals surface area contributed by atoms with E-state index in [9.17, 15) is 9.90 Å². The van der Waals surface area contributed by atoms with Gasteiger partial charge in [-0.25, -0.2) is 0 Å². The summed E-state index contributed by atoms with van der Waals surface area (Å²) in [6.45, 7) is 18.1. The molecule has 1 N–H and O–H groups in total. The van der Waals surface area contributed by atoms with Crippen molar-refractivity contribution in [2.24, 2.45) is 34.0 Å². The van der Waals surface area contributed by atoms with Gasteiger partial charge in [0.2, 0.25) is 0 Å². The fourth-order valence-electron chi connectivity index (χ4n) is 9.50. The zero-order chi connectivity index (χ0) is 24.4. The van der Waals surface area contributed by atoms with Crippen molar-refractivity contribution >= 4 is 5.78 Å². The molecule has 3 saturated carbocycles. The van der Waals surface area contributed by atoms with Crippen molar-refractivity contribution in [3.8, 4) is 0 Å². The highest BCUT2D eigenvalue weighted by Gasteiger charge is 2.66. The third-order valence-corrected chi connectivity index (χ3v) is 11.3. The minimum absolute atomic E-state index is 0.0751. The number of carbonyl (C=O) groups excluding carboxylic acids is 1. The number of fused-ring (bicyclic) bond motifs is 3. The molecule has 33 heavy (non-hydrogen) atoms. The topological polar surface area (TPSA) is 46.5 Å². The molecule has 0 bridgehead atoms. The maximum absolute atomic E-state index is 12.8. The molecule has 3 heteroatoms. The van der Waals surface area contributed by atoms with E-state index in [1.807, 2.05) is 6.92 Å². The molecule has 1 saturated heterocycles. The summed E-state index contributed by atoms with van der Waals surface area (Å²) in [5.74, 6) is 2.18. The van der Waals surface area contributed by atoms with Crippen molar-refractivity contribution in [3.05, 3.63) is 11.6 Å². The van der Waals surface area contributed by atoms with Gasteiger partial charge in [-0.05, 0) is 114 Å². The molecule has 188 valence electrons. The molecule has 1 aliphatic heterocycles. The number of hydrogen-bond donors (Lipinski definition) is 1. The second-order valence-corrected chi connectivity index (χ2v) is 14.1. The predicted octanol–water partition coefficient (Wildman–Crippen LogP) is 7.26. The second-order valence-electron chi connectivity index (χ2n) is 14.1. The number of carbonyl (C=O) groups is 1. The number of aliphatic hydroxyl groups is 1. The smallest absolute Gasteiger partial charge is 0.138 e. The molecule has 0 aromatic carbocycles. The summed E-state index contributed by atoms with van der Waals surface area (Å²) in [5.41, 5.74) is 0.708. The van der Waals surface area contributed by atoms with E-state index >= 15 is 0 Å². The highest BCUT2D eigenvalue weighted by molar-refractivity contribution is 5.85. The summed E-state index contributed by atoms with van der Waals surface area (Å²) in [6.07, 6.45) is 12.5. The lowest BCUT2D eigenvalue weighted by Gasteiger charge is -2.62. The Morgan fingerprint density at radius 2 is 1.61 bits per heavy atom. The average molecular weight is 459 g/mol. The molecule has 3 nitrogen and oxygen atoms in total. The Kier molecular flexibility index (Phi) is 6.31. The number of ketones is 1. The normalized spacial score (nSPS) is 46.4. The van der Waals surface area contributed by atoms with Gasteiger partial charge in [-0.15, -0.1) is 0 Å². The molecule has 0 spiro atoms. The van der Waals surface area contributed by atoms with E-state index in [1.165, 1.54) is 31.3 Å². The lowest BCUT2D eigenvalue weighted by atomic mass is 9.42. The minimum Gasteiger partial charge on any atom is -0.387 e. The largest absolute Gasteiger partial charge is 0.387 e. The van der Waals surface area contributed by atoms with E-state index in [2.05, 4.69) is 54.5 Å². The Balaban J connectivity index is 1.53. The monoisotopic (exact) mass is 458 g/mol. The number of rotatable bonds is 5. The van der Waals surface area contributed by atoms with Crippen LogP contribution in [-0.2, 0) is 9.53 Å². The Morgan fingerprint density at radius 3 is 2.27 bits per heavy atom. The maximum Gasteiger partial charge on any atom is 0.138 e. The van der Waals surface area contributed by atoms with Crippen molar-refractivity contribution in [1.82, 2.24) is 0 Å². The first-order valence-corrected chi connectivity index (χ1v) is 13.7. The SMILES string of the molecule is CC(C)=CCCC(C)(O)C1CC[C@@](C)([C@H]2CCC3[C@@]2(C)CC[C@H]2C(C)(C)C(=O)CC[C@]32C)O1. The van der Waals surface area contributed by atoms with Gasteiger partial charge in [-0.2, -0.15) is 0 Å². The van der Waals surface area contributed by atoms with Crippen molar-refractivity contribution in [3.63, 3.8) is 0 Å². The van der Waals surface area contributed by atoms with Gasteiger partial charge in [0.25, 0.3) is 0 Å². The first-order chi connectivity index (χ1) is 15.2. The van der Waals surface area contributed by atoms with Crippen LogP contribution >= 0.6 is 0 Å². The molecule has 4 rings (SSSR count). The summed E-state index contributed by atoms with van der Waals surface area (Å²) in [7, 11) is 0.